The lowest BCUT2D eigenvalue weighted by Gasteiger charge is -2.37. The number of rotatable bonds is 9. The van der Waals surface area contributed by atoms with Gasteiger partial charge in [0.25, 0.3) is 0 Å². The number of piperazine rings is 1. The molecule has 2 aliphatic heterocycles. The van der Waals surface area contributed by atoms with Crippen LogP contribution in [-0.2, 0) is 17.8 Å². The molecule has 2 heterocycles. The number of nitrogens with zero attached hydrogens (tertiary/aromatic N) is 4. The Balaban J connectivity index is 1.42. The minimum atomic E-state index is 0.482. The van der Waals surface area contributed by atoms with Crippen molar-refractivity contribution in [1.82, 2.24) is 25.3 Å². The SMILES string of the molecule is CCN1CCN(Cc2ccc(CNC(=NC)NCC(C(C)C)N3CCOCC3)cc2)CC1. The van der Waals surface area contributed by atoms with Crippen molar-refractivity contribution in [2.24, 2.45) is 10.9 Å². The maximum Gasteiger partial charge on any atom is 0.191 e. The van der Waals surface area contributed by atoms with Gasteiger partial charge in [-0.15, -0.1) is 0 Å². The molecule has 2 aliphatic rings. The Morgan fingerprint density at radius 2 is 1.56 bits per heavy atom. The number of guanidine groups is 1. The lowest BCUT2D eigenvalue weighted by molar-refractivity contribution is 0.00752. The number of benzene rings is 1. The van der Waals surface area contributed by atoms with Crippen LogP contribution in [0.15, 0.2) is 29.3 Å². The highest BCUT2D eigenvalue weighted by atomic mass is 16.5. The van der Waals surface area contributed by atoms with Gasteiger partial charge in [-0.3, -0.25) is 14.8 Å². The molecule has 0 aliphatic carbocycles. The molecule has 0 aromatic heterocycles. The van der Waals surface area contributed by atoms with Gasteiger partial charge in [0.15, 0.2) is 5.96 Å². The number of morpholine rings is 1. The maximum absolute atomic E-state index is 5.52. The largest absolute Gasteiger partial charge is 0.379 e. The van der Waals surface area contributed by atoms with Crippen LogP contribution in [0.2, 0.25) is 0 Å². The highest BCUT2D eigenvalue weighted by Crippen LogP contribution is 2.13. The van der Waals surface area contributed by atoms with Gasteiger partial charge in [0, 0.05) is 72.0 Å². The molecule has 2 saturated heterocycles. The second kappa shape index (κ2) is 13.1. The number of nitrogens with one attached hydrogen (secondary N) is 2. The fourth-order valence-corrected chi connectivity index (χ4v) is 4.59. The molecular formula is C25H44N6O. The first kappa shape index (κ1) is 25.0. The quantitative estimate of drug-likeness (QED) is 0.448. The van der Waals surface area contributed by atoms with Crippen LogP contribution in [0.4, 0.5) is 0 Å². The van der Waals surface area contributed by atoms with E-state index in [4.69, 9.17) is 4.74 Å². The number of likely N-dealkylation sites (N-methyl/N-ethyl adjacent to an activating group) is 1. The minimum Gasteiger partial charge on any atom is -0.379 e. The fraction of sp³-hybridized carbons (Fsp3) is 0.720. The van der Waals surface area contributed by atoms with Gasteiger partial charge >= 0.3 is 0 Å². The van der Waals surface area contributed by atoms with Gasteiger partial charge in [0.1, 0.15) is 0 Å². The minimum absolute atomic E-state index is 0.482. The fourth-order valence-electron chi connectivity index (χ4n) is 4.59. The standard InChI is InChI=1S/C25H44N6O/c1-5-29-10-12-30(13-11-29)20-23-8-6-22(7-9-23)18-27-25(26-4)28-19-24(21(2)3)31-14-16-32-17-15-31/h6-9,21,24H,5,10-20H2,1-4H3,(H2,26,27,28). The number of aliphatic imine (C=N–C) groups is 1. The van der Waals surface area contributed by atoms with Crippen molar-refractivity contribution >= 4 is 5.96 Å². The summed E-state index contributed by atoms with van der Waals surface area (Å²) >= 11 is 0. The predicted molar refractivity (Wildman–Crippen MR) is 133 cm³/mol. The van der Waals surface area contributed by atoms with E-state index in [0.29, 0.717) is 12.0 Å². The van der Waals surface area contributed by atoms with E-state index in [0.717, 1.165) is 51.9 Å². The van der Waals surface area contributed by atoms with Gasteiger partial charge in [-0.05, 0) is 23.6 Å². The van der Waals surface area contributed by atoms with Crippen LogP contribution in [-0.4, -0.2) is 99.3 Å². The molecule has 1 unspecified atom stereocenters. The third-order valence-electron chi connectivity index (χ3n) is 6.79. The lowest BCUT2D eigenvalue weighted by Crippen LogP contribution is -2.52. The monoisotopic (exact) mass is 444 g/mol. The zero-order valence-electron chi connectivity index (χ0n) is 20.6. The second-order valence-electron chi connectivity index (χ2n) is 9.29. The van der Waals surface area contributed by atoms with E-state index in [1.165, 1.54) is 43.9 Å². The first-order chi connectivity index (χ1) is 15.6. The molecule has 1 atom stereocenters. The molecule has 3 rings (SSSR count). The van der Waals surface area contributed by atoms with Crippen molar-refractivity contribution in [3.63, 3.8) is 0 Å². The molecule has 0 saturated carbocycles. The summed E-state index contributed by atoms with van der Waals surface area (Å²) in [6.45, 7) is 19.1. The van der Waals surface area contributed by atoms with E-state index in [1.807, 2.05) is 7.05 Å². The van der Waals surface area contributed by atoms with Gasteiger partial charge in [-0.1, -0.05) is 45.0 Å². The van der Waals surface area contributed by atoms with Crippen molar-refractivity contribution < 1.29 is 4.74 Å². The summed E-state index contributed by atoms with van der Waals surface area (Å²) in [7, 11) is 1.84. The molecule has 32 heavy (non-hydrogen) atoms. The summed E-state index contributed by atoms with van der Waals surface area (Å²) in [6.07, 6.45) is 0. The molecule has 2 fully saturated rings. The topological polar surface area (TPSA) is 55.4 Å². The van der Waals surface area contributed by atoms with Crippen LogP contribution < -0.4 is 10.6 Å². The summed E-state index contributed by atoms with van der Waals surface area (Å²) < 4.78 is 5.52. The molecule has 180 valence electrons. The molecule has 7 heteroatoms. The van der Waals surface area contributed by atoms with Gasteiger partial charge in [0.05, 0.1) is 13.2 Å². The van der Waals surface area contributed by atoms with Crippen molar-refractivity contribution in [2.45, 2.75) is 39.9 Å². The molecule has 1 aromatic carbocycles. The van der Waals surface area contributed by atoms with Gasteiger partial charge < -0.3 is 20.3 Å². The van der Waals surface area contributed by atoms with Crippen molar-refractivity contribution in [3.05, 3.63) is 35.4 Å². The first-order valence-corrected chi connectivity index (χ1v) is 12.4. The Labute approximate surface area is 195 Å². The van der Waals surface area contributed by atoms with Crippen LogP contribution in [0, 0.1) is 5.92 Å². The predicted octanol–water partition coefficient (Wildman–Crippen LogP) is 1.85. The normalized spacial score (nSPS) is 20.5. The highest BCUT2D eigenvalue weighted by Gasteiger charge is 2.23. The second-order valence-corrected chi connectivity index (χ2v) is 9.29. The van der Waals surface area contributed by atoms with Crippen LogP contribution in [0.5, 0.6) is 0 Å². The molecule has 0 spiro atoms. The summed E-state index contributed by atoms with van der Waals surface area (Å²) in [6, 6.07) is 9.50. The summed E-state index contributed by atoms with van der Waals surface area (Å²) in [5.41, 5.74) is 2.67. The first-order valence-electron chi connectivity index (χ1n) is 12.4. The third kappa shape index (κ3) is 7.73. The van der Waals surface area contributed by atoms with Crippen LogP contribution in [0.25, 0.3) is 0 Å². The summed E-state index contributed by atoms with van der Waals surface area (Å²) in [5, 5.41) is 7.01. The van der Waals surface area contributed by atoms with E-state index >= 15 is 0 Å². The van der Waals surface area contributed by atoms with E-state index in [-0.39, 0.29) is 0 Å². The Morgan fingerprint density at radius 1 is 0.938 bits per heavy atom. The zero-order valence-corrected chi connectivity index (χ0v) is 20.6. The molecule has 7 nitrogen and oxygen atoms in total. The van der Waals surface area contributed by atoms with Crippen LogP contribution in [0.1, 0.15) is 31.9 Å². The number of hydrogen-bond donors (Lipinski definition) is 2. The van der Waals surface area contributed by atoms with Crippen molar-refractivity contribution in [2.75, 3.05) is 72.6 Å². The van der Waals surface area contributed by atoms with Gasteiger partial charge in [0.2, 0.25) is 0 Å². The average molecular weight is 445 g/mol. The smallest absolute Gasteiger partial charge is 0.191 e. The number of ether oxygens (including phenoxy) is 1. The zero-order chi connectivity index (χ0) is 22.8. The number of hydrogen-bond acceptors (Lipinski definition) is 5. The molecular weight excluding hydrogens is 400 g/mol. The van der Waals surface area contributed by atoms with E-state index in [1.54, 1.807) is 0 Å². The lowest BCUT2D eigenvalue weighted by atomic mass is 10.0. The average Bonchev–Trinajstić information content (AvgIpc) is 2.83. The van der Waals surface area contributed by atoms with Crippen molar-refractivity contribution in [3.8, 4) is 0 Å². The third-order valence-corrected chi connectivity index (χ3v) is 6.79. The maximum atomic E-state index is 5.52. The Morgan fingerprint density at radius 3 is 2.16 bits per heavy atom. The van der Waals surface area contributed by atoms with Crippen LogP contribution >= 0.6 is 0 Å². The summed E-state index contributed by atoms with van der Waals surface area (Å²) in [4.78, 5) is 12.0. The Hall–Kier alpha value is -1.67. The molecule has 0 radical (unpaired) electrons. The van der Waals surface area contributed by atoms with E-state index in [2.05, 4.69) is 75.4 Å². The van der Waals surface area contributed by atoms with Crippen LogP contribution in [0.3, 0.4) is 0 Å². The van der Waals surface area contributed by atoms with E-state index < -0.39 is 0 Å². The highest BCUT2D eigenvalue weighted by molar-refractivity contribution is 5.79. The molecule has 1 aromatic rings. The molecule has 0 amide bonds. The van der Waals surface area contributed by atoms with Gasteiger partial charge in [-0.25, -0.2) is 0 Å². The Kier molecular flexibility index (Phi) is 10.2. The van der Waals surface area contributed by atoms with E-state index in [9.17, 15) is 0 Å². The van der Waals surface area contributed by atoms with Crippen molar-refractivity contribution in [1.29, 1.82) is 0 Å². The molecule has 0 bridgehead atoms. The molecule has 2 N–H and O–H groups in total. The Bertz CT molecular complexity index is 678. The van der Waals surface area contributed by atoms with Gasteiger partial charge in [-0.2, -0.15) is 0 Å². The summed E-state index contributed by atoms with van der Waals surface area (Å²) in [5.74, 6) is 1.44.